The van der Waals surface area contributed by atoms with E-state index in [-0.39, 0.29) is 18.1 Å². The number of aromatic amines is 1. The molecule has 2 aromatic carbocycles. The van der Waals surface area contributed by atoms with Crippen LogP contribution >= 0.6 is 0 Å². The molecule has 0 saturated heterocycles. The number of anilines is 1. The molecule has 9 nitrogen and oxygen atoms in total. The predicted molar refractivity (Wildman–Crippen MR) is 122 cm³/mol. The number of esters is 1. The van der Waals surface area contributed by atoms with Gasteiger partial charge in [-0.2, -0.15) is 0 Å². The molecule has 1 aliphatic heterocycles. The molecule has 2 heterocycles. The van der Waals surface area contributed by atoms with Crippen molar-refractivity contribution in [2.45, 2.75) is 13.0 Å². The van der Waals surface area contributed by atoms with Gasteiger partial charge in [0.05, 0.1) is 51.6 Å². The third kappa shape index (κ3) is 4.31. The number of benzene rings is 2. The molecule has 3 aromatic rings. The smallest absolute Gasteiger partial charge is 0.356 e. The van der Waals surface area contributed by atoms with Crippen LogP contribution in [0.2, 0.25) is 0 Å². The standard InChI is InChI=1S/C24H27N3O6/c1-30-17-7-5-6-16-21(17)22(23(25-16)24(29)33-4)26-20(28)13-27-9-8-14-10-18(31-2)19(32-3)11-15(14)12-27/h5-7,10-11,25H,8-9,12-13H2,1-4H3,(H,26,28)/p+1. The maximum absolute atomic E-state index is 13.0. The van der Waals surface area contributed by atoms with Crippen molar-refractivity contribution in [3.8, 4) is 17.2 Å². The first-order valence-electron chi connectivity index (χ1n) is 10.6. The maximum Gasteiger partial charge on any atom is 0.356 e. The first-order valence-corrected chi connectivity index (χ1v) is 10.6. The zero-order valence-corrected chi connectivity index (χ0v) is 19.2. The van der Waals surface area contributed by atoms with Gasteiger partial charge in [-0.3, -0.25) is 4.79 Å². The first kappa shape index (κ1) is 22.5. The largest absolute Gasteiger partial charge is 0.496 e. The molecule has 0 saturated carbocycles. The number of carbonyl (C=O) groups excluding carboxylic acids is 2. The van der Waals surface area contributed by atoms with E-state index in [1.54, 1.807) is 27.4 Å². The van der Waals surface area contributed by atoms with Gasteiger partial charge in [0.15, 0.2) is 18.0 Å². The normalized spacial score (nSPS) is 15.0. The second-order valence-electron chi connectivity index (χ2n) is 7.88. The van der Waals surface area contributed by atoms with Crippen LogP contribution in [0.4, 0.5) is 5.69 Å². The van der Waals surface area contributed by atoms with Crippen molar-refractivity contribution < 1.29 is 33.4 Å². The van der Waals surface area contributed by atoms with E-state index < -0.39 is 5.97 Å². The number of fused-ring (bicyclic) bond motifs is 2. The van der Waals surface area contributed by atoms with Crippen molar-refractivity contribution in [2.75, 3.05) is 46.8 Å². The Morgan fingerprint density at radius 3 is 2.36 bits per heavy atom. The predicted octanol–water partition coefficient (Wildman–Crippen LogP) is 1.56. The van der Waals surface area contributed by atoms with E-state index in [9.17, 15) is 9.59 Å². The molecule has 0 spiro atoms. The number of nitrogens with one attached hydrogen (secondary N) is 3. The summed E-state index contributed by atoms with van der Waals surface area (Å²) < 4.78 is 21.2. The SMILES string of the molecule is COC(=O)c1[nH]c2cccc(OC)c2c1NC(=O)C[NH+]1CCc2cc(OC)c(OC)cc2C1. The minimum absolute atomic E-state index is 0.182. The molecule has 0 aliphatic carbocycles. The fraction of sp³-hybridized carbons (Fsp3) is 0.333. The summed E-state index contributed by atoms with van der Waals surface area (Å²) in [5, 5.41) is 3.55. The first-order chi connectivity index (χ1) is 16.0. The van der Waals surface area contributed by atoms with Crippen LogP contribution in [0.25, 0.3) is 10.9 Å². The van der Waals surface area contributed by atoms with Gasteiger partial charge in [-0.1, -0.05) is 6.07 Å². The maximum atomic E-state index is 13.0. The summed E-state index contributed by atoms with van der Waals surface area (Å²) in [4.78, 5) is 29.5. The molecule has 9 heteroatoms. The van der Waals surface area contributed by atoms with Crippen LogP contribution < -0.4 is 24.4 Å². The average Bonchev–Trinajstić information content (AvgIpc) is 3.20. The zero-order valence-electron chi connectivity index (χ0n) is 19.2. The van der Waals surface area contributed by atoms with Crippen LogP contribution in [0.1, 0.15) is 21.6 Å². The molecule has 1 aromatic heterocycles. The number of rotatable bonds is 7. The van der Waals surface area contributed by atoms with Crippen LogP contribution in [0.3, 0.4) is 0 Å². The Labute approximate surface area is 191 Å². The molecule has 174 valence electrons. The summed E-state index contributed by atoms with van der Waals surface area (Å²) in [6.45, 7) is 1.73. The quantitative estimate of drug-likeness (QED) is 0.468. The van der Waals surface area contributed by atoms with E-state index in [0.717, 1.165) is 23.4 Å². The van der Waals surface area contributed by atoms with E-state index in [4.69, 9.17) is 18.9 Å². The Hall–Kier alpha value is -3.72. The average molecular weight is 455 g/mol. The number of hydrogen-bond acceptors (Lipinski definition) is 6. The van der Waals surface area contributed by atoms with Crippen LogP contribution in [-0.2, 0) is 22.5 Å². The summed E-state index contributed by atoms with van der Waals surface area (Å²) in [5.74, 6) is 1.17. The number of H-pyrrole nitrogens is 1. The highest BCUT2D eigenvalue weighted by Gasteiger charge is 2.27. The van der Waals surface area contributed by atoms with Crippen molar-refractivity contribution in [1.82, 2.24) is 4.98 Å². The van der Waals surface area contributed by atoms with Gasteiger partial charge >= 0.3 is 5.97 Å². The van der Waals surface area contributed by atoms with E-state index in [1.165, 1.54) is 12.7 Å². The van der Waals surface area contributed by atoms with Crippen LogP contribution in [0, 0.1) is 0 Å². The van der Waals surface area contributed by atoms with E-state index >= 15 is 0 Å². The van der Waals surface area contributed by atoms with Gasteiger partial charge in [-0.05, 0) is 29.8 Å². The van der Waals surface area contributed by atoms with E-state index in [2.05, 4.69) is 10.3 Å². The fourth-order valence-corrected chi connectivity index (χ4v) is 4.36. The van der Waals surface area contributed by atoms with Gasteiger partial charge < -0.3 is 34.1 Å². The Morgan fingerprint density at radius 1 is 1.00 bits per heavy atom. The summed E-state index contributed by atoms with van der Waals surface area (Å²) >= 11 is 0. The molecule has 0 radical (unpaired) electrons. The molecule has 0 bridgehead atoms. The highest BCUT2D eigenvalue weighted by molar-refractivity contribution is 6.13. The Bertz CT molecular complexity index is 1200. The fourth-order valence-electron chi connectivity index (χ4n) is 4.36. The van der Waals surface area contributed by atoms with E-state index in [1.807, 2.05) is 24.3 Å². The molecular formula is C24H28N3O6+. The Kier molecular flexibility index (Phi) is 6.41. The van der Waals surface area contributed by atoms with Crippen LogP contribution in [-0.4, -0.2) is 58.4 Å². The summed E-state index contributed by atoms with van der Waals surface area (Å²) in [5.41, 5.74) is 3.55. The molecule has 1 amide bonds. The Morgan fingerprint density at radius 2 is 1.70 bits per heavy atom. The molecule has 33 heavy (non-hydrogen) atoms. The van der Waals surface area contributed by atoms with Gasteiger partial charge in [0.25, 0.3) is 5.91 Å². The number of aromatic nitrogens is 1. The number of quaternary nitrogens is 1. The molecule has 1 atom stereocenters. The number of amides is 1. The molecule has 0 fully saturated rings. The summed E-state index contributed by atoms with van der Waals surface area (Å²) in [6, 6.07) is 9.38. The Balaban J connectivity index is 1.56. The minimum atomic E-state index is -0.566. The van der Waals surface area contributed by atoms with Crippen LogP contribution in [0.15, 0.2) is 30.3 Å². The lowest BCUT2D eigenvalue weighted by molar-refractivity contribution is -0.907. The summed E-state index contributed by atoms with van der Waals surface area (Å²) in [7, 11) is 6.08. The lowest BCUT2D eigenvalue weighted by Gasteiger charge is -2.26. The van der Waals surface area contributed by atoms with Gasteiger partial charge in [-0.15, -0.1) is 0 Å². The minimum Gasteiger partial charge on any atom is -0.496 e. The molecule has 1 unspecified atom stereocenters. The lowest BCUT2D eigenvalue weighted by Crippen LogP contribution is -3.12. The molecule has 4 rings (SSSR count). The number of hydrogen-bond donors (Lipinski definition) is 3. The van der Waals surface area contributed by atoms with Crippen LogP contribution in [0.5, 0.6) is 17.2 Å². The molecule has 1 aliphatic rings. The van der Waals surface area contributed by atoms with Gasteiger partial charge in [0, 0.05) is 12.0 Å². The third-order valence-corrected chi connectivity index (χ3v) is 5.96. The number of carbonyl (C=O) groups is 2. The molecular weight excluding hydrogens is 426 g/mol. The zero-order chi connectivity index (χ0) is 23.5. The lowest BCUT2D eigenvalue weighted by atomic mass is 9.99. The van der Waals surface area contributed by atoms with Gasteiger partial charge in [0.2, 0.25) is 0 Å². The number of ether oxygens (including phenoxy) is 4. The topological polar surface area (TPSA) is 103 Å². The van der Waals surface area contributed by atoms with Gasteiger partial charge in [0.1, 0.15) is 18.0 Å². The van der Waals surface area contributed by atoms with Gasteiger partial charge in [-0.25, -0.2) is 4.79 Å². The highest BCUT2D eigenvalue weighted by atomic mass is 16.5. The van der Waals surface area contributed by atoms with Crippen molar-refractivity contribution in [3.63, 3.8) is 0 Å². The monoisotopic (exact) mass is 454 g/mol. The third-order valence-electron chi connectivity index (χ3n) is 5.96. The summed E-state index contributed by atoms with van der Waals surface area (Å²) in [6.07, 6.45) is 0.826. The highest BCUT2D eigenvalue weighted by Crippen LogP contribution is 2.35. The van der Waals surface area contributed by atoms with Crippen molar-refractivity contribution in [2.24, 2.45) is 0 Å². The van der Waals surface area contributed by atoms with Crippen molar-refractivity contribution in [3.05, 3.63) is 47.2 Å². The number of methoxy groups -OCH3 is 4. The van der Waals surface area contributed by atoms with E-state index in [0.29, 0.717) is 40.4 Å². The second kappa shape index (κ2) is 9.41. The van der Waals surface area contributed by atoms with Crippen molar-refractivity contribution >= 4 is 28.5 Å². The second-order valence-corrected chi connectivity index (χ2v) is 7.88. The molecule has 3 N–H and O–H groups in total. The van der Waals surface area contributed by atoms with Crippen molar-refractivity contribution in [1.29, 1.82) is 0 Å².